The smallest absolute Gasteiger partial charge is 0.321 e. The lowest BCUT2D eigenvalue weighted by molar-refractivity contribution is 0.180. The van der Waals surface area contributed by atoms with E-state index < -0.39 is 0 Å². The third-order valence-electron chi connectivity index (χ3n) is 2.52. The van der Waals surface area contributed by atoms with Gasteiger partial charge in [0.15, 0.2) is 0 Å². The summed E-state index contributed by atoms with van der Waals surface area (Å²) in [5.41, 5.74) is 1.29. The fourth-order valence-corrected chi connectivity index (χ4v) is 1.59. The van der Waals surface area contributed by atoms with Crippen molar-refractivity contribution in [3.05, 3.63) is 29.8 Å². The molecule has 0 unspecified atom stereocenters. The number of aliphatic hydroxyl groups is 2. The molecule has 0 saturated heterocycles. The average molecular weight is 262 g/mol. The first-order valence-corrected chi connectivity index (χ1v) is 6.05. The van der Waals surface area contributed by atoms with Crippen molar-refractivity contribution in [3.8, 4) is 12.3 Å². The molecule has 3 N–H and O–H groups in total. The molecule has 0 heterocycles. The minimum atomic E-state index is -0.323. The summed E-state index contributed by atoms with van der Waals surface area (Å²) in [6.45, 7) is 0.490. The van der Waals surface area contributed by atoms with Gasteiger partial charge in [-0.2, -0.15) is 0 Å². The third kappa shape index (κ3) is 5.00. The van der Waals surface area contributed by atoms with Crippen molar-refractivity contribution in [1.82, 2.24) is 4.90 Å². The fraction of sp³-hybridized carbons (Fsp3) is 0.357. The Kier molecular flexibility index (Phi) is 6.44. The van der Waals surface area contributed by atoms with E-state index in [1.807, 2.05) is 0 Å². The number of amides is 2. The lowest BCUT2D eigenvalue weighted by Crippen LogP contribution is -2.38. The Labute approximate surface area is 112 Å². The highest BCUT2D eigenvalue weighted by atomic mass is 16.3. The minimum Gasteiger partial charge on any atom is -0.396 e. The number of hydrogen-bond donors (Lipinski definition) is 3. The zero-order chi connectivity index (χ0) is 14.1. The molecule has 102 valence electrons. The van der Waals surface area contributed by atoms with Gasteiger partial charge in [0.25, 0.3) is 0 Å². The topological polar surface area (TPSA) is 72.8 Å². The Hall–Kier alpha value is -2.03. The van der Waals surface area contributed by atoms with Gasteiger partial charge in [0.2, 0.25) is 0 Å². The monoisotopic (exact) mass is 262 g/mol. The summed E-state index contributed by atoms with van der Waals surface area (Å²) in [7, 11) is 0. The molecule has 0 aromatic heterocycles. The van der Waals surface area contributed by atoms with Gasteiger partial charge in [-0.05, 0) is 24.6 Å². The normalized spacial score (nSPS) is 9.74. The summed E-state index contributed by atoms with van der Waals surface area (Å²) < 4.78 is 0. The van der Waals surface area contributed by atoms with Crippen LogP contribution in [-0.4, -0.2) is 47.4 Å². The molecule has 5 heteroatoms. The summed E-state index contributed by atoms with van der Waals surface area (Å²) >= 11 is 0. The van der Waals surface area contributed by atoms with Crippen LogP contribution in [-0.2, 0) is 0 Å². The maximum absolute atomic E-state index is 12.0. The number of anilines is 1. The molecule has 2 amide bonds. The summed E-state index contributed by atoms with van der Waals surface area (Å²) in [6.07, 6.45) is 5.76. The average Bonchev–Trinajstić information content (AvgIpc) is 2.43. The number of terminal acetylenes is 1. The maximum atomic E-state index is 12.0. The van der Waals surface area contributed by atoms with Crippen LogP contribution in [0.25, 0.3) is 0 Å². The van der Waals surface area contributed by atoms with Gasteiger partial charge in [-0.3, -0.25) is 0 Å². The number of urea groups is 1. The van der Waals surface area contributed by atoms with Crippen LogP contribution in [0.1, 0.15) is 12.0 Å². The van der Waals surface area contributed by atoms with E-state index in [1.165, 1.54) is 4.90 Å². The minimum absolute atomic E-state index is 0.00177. The standard InChI is InChI=1S/C14H18N2O3/c1-2-12-5-3-6-13(11-12)15-14(19)16(8-10-18)7-4-9-17/h1,3,5-6,11,17-18H,4,7-10H2,(H,15,19). The number of carbonyl (C=O) groups excluding carboxylic acids is 1. The highest BCUT2D eigenvalue weighted by Gasteiger charge is 2.12. The molecular weight excluding hydrogens is 244 g/mol. The quantitative estimate of drug-likeness (QED) is 0.666. The second-order valence-corrected chi connectivity index (χ2v) is 3.94. The third-order valence-corrected chi connectivity index (χ3v) is 2.52. The van der Waals surface area contributed by atoms with Gasteiger partial charge < -0.3 is 20.4 Å². The van der Waals surface area contributed by atoms with Crippen LogP contribution in [0.3, 0.4) is 0 Å². The largest absolute Gasteiger partial charge is 0.396 e. The van der Waals surface area contributed by atoms with Gasteiger partial charge in [-0.25, -0.2) is 4.79 Å². The van der Waals surface area contributed by atoms with Gasteiger partial charge in [-0.15, -0.1) is 6.42 Å². The Morgan fingerprint density at radius 2 is 2.11 bits per heavy atom. The molecule has 1 aromatic carbocycles. The summed E-state index contributed by atoms with van der Waals surface area (Å²) in [4.78, 5) is 13.4. The first-order valence-electron chi connectivity index (χ1n) is 6.05. The van der Waals surface area contributed by atoms with E-state index in [9.17, 15) is 4.79 Å². The zero-order valence-electron chi connectivity index (χ0n) is 10.7. The Morgan fingerprint density at radius 3 is 2.74 bits per heavy atom. The predicted octanol–water partition coefficient (Wildman–Crippen LogP) is 0.877. The van der Waals surface area contributed by atoms with E-state index in [4.69, 9.17) is 16.6 Å². The van der Waals surface area contributed by atoms with Crippen molar-refractivity contribution in [3.63, 3.8) is 0 Å². The first-order chi connectivity index (χ1) is 9.21. The Balaban J connectivity index is 2.66. The molecule has 0 fully saturated rings. The number of benzene rings is 1. The van der Waals surface area contributed by atoms with Crippen molar-refractivity contribution in [1.29, 1.82) is 0 Å². The Morgan fingerprint density at radius 1 is 1.32 bits per heavy atom. The molecule has 0 aliphatic heterocycles. The zero-order valence-corrected chi connectivity index (χ0v) is 10.7. The summed E-state index contributed by atoms with van der Waals surface area (Å²) in [6, 6.07) is 6.64. The molecule has 0 aliphatic rings. The number of aliphatic hydroxyl groups excluding tert-OH is 2. The van der Waals surface area contributed by atoms with Crippen LogP contribution in [0.2, 0.25) is 0 Å². The molecule has 0 bridgehead atoms. The Bertz CT molecular complexity index is 454. The van der Waals surface area contributed by atoms with Crippen LogP contribution >= 0.6 is 0 Å². The summed E-state index contributed by atoms with van der Waals surface area (Å²) in [5.74, 6) is 2.49. The van der Waals surface area contributed by atoms with Crippen LogP contribution in [0.15, 0.2) is 24.3 Å². The van der Waals surface area contributed by atoms with Crippen molar-refractivity contribution >= 4 is 11.7 Å². The maximum Gasteiger partial charge on any atom is 0.321 e. The van der Waals surface area contributed by atoms with Gasteiger partial charge in [0.1, 0.15) is 0 Å². The SMILES string of the molecule is C#Cc1cccc(NC(=O)N(CCO)CCCO)c1. The number of nitrogens with one attached hydrogen (secondary N) is 1. The molecule has 0 spiro atoms. The molecule has 1 aromatic rings. The molecular formula is C14H18N2O3. The van der Waals surface area contributed by atoms with Crippen LogP contribution in [0, 0.1) is 12.3 Å². The van der Waals surface area contributed by atoms with Crippen molar-refractivity contribution < 1.29 is 15.0 Å². The van der Waals surface area contributed by atoms with Crippen molar-refractivity contribution in [2.45, 2.75) is 6.42 Å². The molecule has 0 saturated carbocycles. The van der Waals surface area contributed by atoms with Gasteiger partial charge in [-0.1, -0.05) is 12.0 Å². The van der Waals surface area contributed by atoms with Crippen molar-refractivity contribution in [2.24, 2.45) is 0 Å². The number of nitrogens with zero attached hydrogens (tertiary/aromatic N) is 1. The van der Waals surface area contributed by atoms with E-state index in [-0.39, 0.29) is 25.8 Å². The molecule has 0 atom stereocenters. The lowest BCUT2D eigenvalue weighted by Gasteiger charge is -2.21. The van der Waals surface area contributed by atoms with Gasteiger partial charge in [0.05, 0.1) is 6.61 Å². The van der Waals surface area contributed by atoms with E-state index in [0.717, 1.165) is 0 Å². The first kappa shape index (κ1) is 15.0. The van der Waals surface area contributed by atoms with Crippen LogP contribution < -0.4 is 5.32 Å². The lowest BCUT2D eigenvalue weighted by atomic mass is 10.2. The predicted molar refractivity (Wildman–Crippen MR) is 73.8 cm³/mol. The molecule has 19 heavy (non-hydrogen) atoms. The highest BCUT2D eigenvalue weighted by Crippen LogP contribution is 2.10. The summed E-state index contributed by atoms with van der Waals surface area (Å²) in [5, 5.41) is 20.4. The van der Waals surface area contributed by atoms with E-state index in [1.54, 1.807) is 24.3 Å². The van der Waals surface area contributed by atoms with E-state index in [0.29, 0.717) is 24.2 Å². The number of hydrogen-bond acceptors (Lipinski definition) is 3. The number of carbonyl (C=O) groups is 1. The number of rotatable bonds is 6. The molecule has 5 nitrogen and oxygen atoms in total. The highest BCUT2D eigenvalue weighted by molar-refractivity contribution is 5.89. The second-order valence-electron chi connectivity index (χ2n) is 3.94. The molecule has 0 aliphatic carbocycles. The van der Waals surface area contributed by atoms with Crippen LogP contribution in [0.5, 0.6) is 0 Å². The van der Waals surface area contributed by atoms with Gasteiger partial charge >= 0.3 is 6.03 Å². The van der Waals surface area contributed by atoms with Crippen molar-refractivity contribution in [2.75, 3.05) is 31.6 Å². The van der Waals surface area contributed by atoms with E-state index >= 15 is 0 Å². The second kappa shape index (κ2) is 8.14. The molecule has 0 radical (unpaired) electrons. The fourth-order valence-electron chi connectivity index (χ4n) is 1.59. The molecule has 1 rings (SSSR count). The van der Waals surface area contributed by atoms with Gasteiger partial charge in [0, 0.05) is 30.9 Å². The van der Waals surface area contributed by atoms with Crippen LogP contribution in [0.4, 0.5) is 10.5 Å². The van der Waals surface area contributed by atoms with E-state index in [2.05, 4.69) is 11.2 Å².